The second kappa shape index (κ2) is 5.98. The Labute approximate surface area is 135 Å². The fraction of sp³-hybridized carbons (Fsp3) is 0.500. The lowest BCUT2D eigenvalue weighted by Gasteiger charge is -2.19. The molecule has 0 unspecified atom stereocenters. The van der Waals surface area contributed by atoms with Crippen molar-refractivity contribution in [2.75, 3.05) is 0 Å². The molecule has 1 amide bonds. The molecule has 1 fully saturated rings. The summed E-state index contributed by atoms with van der Waals surface area (Å²) in [6, 6.07) is 2.08. The Hall–Kier alpha value is -2.44. The molecule has 1 N–H and O–H groups in total. The van der Waals surface area contributed by atoms with Crippen molar-refractivity contribution in [1.29, 1.82) is 0 Å². The Morgan fingerprint density at radius 3 is 2.87 bits per heavy atom. The van der Waals surface area contributed by atoms with Crippen LogP contribution in [0.3, 0.4) is 0 Å². The average Bonchev–Trinajstić information content (AvgIpc) is 3.22. The van der Waals surface area contributed by atoms with Crippen LogP contribution in [0.15, 0.2) is 24.8 Å². The Morgan fingerprint density at radius 1 is 1.39 bits per heavy atom. The van der Waals surface area contributed by atoms with Gasteiger partial charge >= 0.3 is 6.09 Å². The molecule has 1 aliphatic rings. The number of aromatic nitrogens is 4. The number of alkyl carbamates (subject to hydrolysis) is 1. The Balaban J connectivity index is 1.70. The average molecular weight is 315 g/mol. The Morgan fingerprint density at radius 2 is 2.17 bits per heavy atom. The highest BCUT2D eigenvalue weighted by Crippen LogP contribution is 2.40. The van der Waals surface area contributed by atoms with E-state index in [1.807, 2.05) is 27.0 Å². The molecule has 7 heteroatoms. The highest BCUT2D eigenvalue weighted by Gasteiger charge is 2.24. The maximum Gasteiger partial charge on any atom is 0.408 e. The molecule has 1 aliphatic carbocycles. The number of nitrogens with zero attached hydrogens (tertiary/aromatic N) is 4. The van der Waals surface area contributed by atoms with E-state index in [1.54, 1.807) is 10.9 Å². The maximum absolute atomic E-state index is 11.8. The summed E-state index contributed by atoms with van der Waals surface area (Å²) in [5.41, 5.74) is 1.55. The number of carbonyl (C=O) groups is 1. The molecule has 23 heavy (non-hydrogen) atoms. The summed E-state index contributed by atoms with van der Waals surface area (Å²) in [4.78, 5) is 20.2. The van der Waals surface area contributed by atoms with Crippen LogP contribution < -0.4 is 5.32 Å². The summed E-state index contributed by atoms with van der Waals surface area (Å²) in [7, 11) is 0. The van der Waals surface area contributed by atoms with Crippen LogP contribution >= 0.6 is 0 Å². The molecule has 0 bridgehead atoms. The van der Waals surface area contributed by atoms with Crippen molar-refractivity contribution in [3.05, 3.63) is 36.2 Å². The van der Waals surface area contributed by atoms with Gasteiger partial charge < -0.3 is 10.1 Å². The van der Waals surface area contributed by atoms with E-state index in [1.165, 1.54) is 24.7 Å². The van der Waals surface area contributed by atoms with Crippen LogP contribution in [0.25, 0.3) is 5.69 Å². The third kappa shape index (κ3) is 4.06. The number of amides is 1. The molecular formula is C16H21N5O2. The molecule has 0 aliphatic heterocycles. The van der Waals surface area contributed by atoms with Gasteiger partial charge in [0.15, 0.2) is 5.82 Å². The molecule has 3 rings (SSSR count). The van der Waals surface area contributed by atoms with Gasteiger partial charge in [-0.2, -0.15) is 5.10 Å². The fourth-order valence-electron chi connectivity index (χ4n) is 2.27. The molecule has 122 valence electrons. The topological polar surface area (TPSA) is 81.9 Å². The predicted molar refractivity (Wildman–Crippen MR) is 84.2 cm³/mol. The zero-order chi connectivity index (χ0) is 16.4. The summed E-state index contributed by atoms with van der Waals surface area (Å²) in [5.74, 6) is 1.25. The molecule has 2 aromatic heterocycles. The van der Waals surface area contributed by atoms with Crippen LogP contribution in [0, 0.1) is 0 Å². The molecule has 0 aromatic carbocycles. The molecule has 0 saturated heterocycles. The molecule has 0 atom stereocenters. The standard InChI is InChI=1S/C16H21N5O2/c1-16(2,3)23-15(22)18-9-14-19-10-20-21(14)13-6-12(7-17-8-13)11-4-5-11/h6-8,10-11H,4-5,9H2,1-3H3,(H,18,22). The summed E-state index contributed by atoms with van der Waals surface area (Å²) in [6.07, 6.45) is 7.08. The zero-order valence-corrected chi connectivity index (χ0v) is 13.6. The summed E-state index contributed by atoms with van der Waals surface area (Å²) in [6.45, 7) is 5.71. The van der Waals surface area contributed by atoms with Gasteiger partial charge in [0.25, 0.3) is 0 Å². The van der Waals surface area contributed by atoms with Crippen molar-refractivity contribution in [1.82, 2.24) is 25.1 Å². The van der Waals surface area contributed by atoms with Gasteiger partial charge in [-0.3, -0.25) is 4.98 Å². The SMILES string of the molecule is CC(C)(C)OC(=O)NCc1ncnn1-c1cncc(C2CC2)c1. The summed E-state index contributed by atoms with van der Waals surface area (Å²) < 4.78 is 6.91. The van der Waals surface area contributed by atoms with Crippen molar-refractivity contribution in [2.45, 2.75) is 51.7 Å². The maximum atomic E-state index is 11.8. The van der Waals surface area contributed by atoms with Crippen LogP contribution in [-0.2, 0) is 11.3 Å². The monoisotopic (exact) mass is 315 g/mol. The van der Waals surface area contributed by atoms with E-state index in [0.717, 1.165) is 5.69 Å². The van der Waals surface area contributed by atoms with Gasteiger partial charge in [0, 0.05) is 6.20 Å². The number of nitrogens with one attached hydrogen (secondary N) is 1. The number of hydrogen-bond donors (Lipinski definition) is 1. The Kier molecular flexibility index (Phi) is 4.02. The van der Waals surface area contributed by atoms with Crippen molar-refractivity contribution >= 4 is 6.09 Å². The third-order valence-corrected chi connectivity index (χ3v) is 3.45. The fourth-order valence-corrected chi connectivity index (χ4v) is 2.27. The first kappa shape index (κ1) is 15.5. The summed E-state index contributed by atoms with van der Waals surface area (Å²) >= 11 is 0. The van der Waals surface area contributed by atoms with E-state index in [2.05, 4.69) is 26.4 Å². The molecule has 2 aromatic rings. The highest BCUT2D eigenvalue weighted by atomic mass is 16.6. The first-order chi connectivity index (χ1) is 10.9. The Bertz CT molecular complexity index is 700. The first-order valence-electron chi connectivity index (χ1n) is 7.73. The quantitative estimate of drug-likeness (QED) is 0.937. The normalized spacial score (nSPS) is 14.6. The molecule has 0 spiro atoms. The lowest BCUT2D eigenvalue weighted by molar-refractivity contribution is 0.0522. The number of carbonyl (C=O) groups excluding carboxylic acids is 1. The van der Waals surface area contributed by atoms with Crippen LogP contribution in [0.5, 0.6) is 0 Å². The first-order valence-corrected chi connectivity index (χ1v) is 7.73. The number of ether oxygens (including phenoxy) is 1. The van der Waals surface area contributed by atoms with E-state index in [9.17, 15) is 4.79 Å². The van der Waals surface area contributed by atoms with Crippen molar-refractivity contribution in [3.63, 3.8) is 0 Å². The van der Waals surface area contributed by atoms with Crippen LogP contribution in [0.4, 0.5) is 4.79 Å². The summed E-state index contributed by atoms with van der Waals surface area (Å²) in [5, 5.41) is 6.93. The molecule has 1 saturated carbocycles. The number of pyridine rings is 1. The van der Waals surface area contributed by atoms with Gasteiger partial charge in [-0.25, -0.2) is 14.5 Å². The van der Waals surface area contributed by atoms with Gasteiger partial charge in [0.2, 0.25) is 0 Å². The van der Waals surface area contributed by atoms with Crippen LogP contribution in [0.2, 0.25) is 0 Å². The van der Waals surface area contributed by atoms with E-state index in [-0.39, 0.29) is 6.54 Å². The van der Waals surface area contributed by atoms with Crippen molar-refractivity contribution < 1.29 is 9.53 Å². The van der Waals surface area contributed by atoms with E-state index in [0.29, 0.717) is 11.7 Å². The second-order valence-corrected chi connectivity index (χ2v) is 6.69. The van der Waals surface area contributed by atoms with Crippen LogP contribution in [0.1, 0.15) is 50.9 Å². The minimum atomic E-state index is -0.528. The molecular weight excluding hydrogens is 294 g/mol. The second-order valence-electron chi connectivity index (χ2n) is 6.69. The smallest absolute Gasteiger partial charge is 0.408 e. The van der Waals surface area contributed by atoms with Gasteiger partial charge in [0.1, 0.15) is 11.9 Å². The zero-order valence-electron chi connectivity index (χ0n) is 13.6. The van der Waals surface area contributed by atoms with Crippen LogP contribution in [-0.4, -0.2) is 31.4 Å². The minimum absolute atomic E-state index is 0.239. The van der Waals surface area contributed by atoms with E-state index < -0.39 is 11.7 Å². The largest absolute Gasteiger partial charge is 0.444 e. The predicted octanol–water partition coefficient (Wildman–Crippen LogP) is 2.56. The number of hydrogen-bond acceptors (Lipinski definition) is 5. The third-order valence-electron chi connectivity index (χ3n) is 3.45. The van der Waals surface area contributed by atoms with Crippen molar-refractivity contribution in [3.8, 4) is 5.69 Å². The van der Waals surface area contributed by atoms with Gasteiger partial charge in [-0.05, 0) is 51.2 Å². The van der Waals surface area contributed by atoms with Crippen molar-refractivity contribution in [2.24, 2.45) is 0 Å². The van der Waals surface area contributed by atoms with E-state index in [4.69, 9.17) is 4.74 Å². The lowest BCUT2D eigenvalue weighted by Crippen LogP contribution is -2.32. The van der Waals surface area contributed by atoms with E-state index >= 15 is 0 Å². The molecule has 0 radical (unpaired) electrons. The molecule has 7 nitrogen and oxygen atoms in total. The lowest BCUT2D eigenvalue weighted by atomic mass is 10.2. The van der Waals surface area contributed by atoms with Gasteiger partial charge in [0.05, 0.1) is 18.4 Å². The molecule has 2 heterocycles. The number of rotatable bonds is 4. The minimum Gasteiger partial charge on any atom is -0.444 e. The van der Waals surface area contributed by atoms with Gasteiger partial charge in [-0.15, -0.1) is 0 Å². The highest BCUT2D eigenvalue weighted by molar-refractivity contribution is 5.67. The van der Waals surface area contributed by atoms with Gasteiger partial charge in [-0.1, -0.05) is 0 Å².